The molecule has 0 saturated carbocycles. The van der Waals surface area contributed by atoms with Crippen molar-refractivity contribution in [1.29, 1.82) is 0 Å². The molecule has 0 aromatic carbocycles. The fourth-order valence-corrected chi connectivity index (χ4v) is 1.89. The Kier molecular flexibility index (Phi) is 3.61. The lowest BCUT2D eigenvalue weighted by Crippen LogP contribution is -2.35. The number of hydrogen-bond donors (Lipinski definition) is 3. The van der Waals surface area contributed by atoms with E-state index in [1.807, 2.05) is 0 Å². The molecule has 104 valence electrons. The van der Waals surface area contributed by atoms with Crippen molar-refractivity contribution in [2.75, 3.05) is 11.9 Å². The van der Waals surface area contributed by atoms with Gasteiger partial charge >= 0.3 is 6.18 Å². The van der Waals surface area contributed by atoms with Crippen molar-refractivity contribution in [3.05, 3.63) is 17.8 Å². The van der Waals surface area contributed by atoms with Gasteiger partial charge in [-0.15, -0.1) is 0 Å². The van der Waals surface area contributed by atoms with Gasteiger partial charge < -0.3 is 15.7 Å². The van der Waals surface area contributed by atoms with Crippen molar-refractivity contribution in [3.8, 4) is 5.75 Å². The number of halogens is 3. The lowest BCUT2D eigenvalue weighted by molar-refractivity contribution is -0.138. The number of carbonyl (C=O) groups is 1. The van der Waals surface area contributed by atoms with Crippen LogP contribution in [0.15, 0.2) is 12.3 Å². The van der Waals surface area contributed by atoms with Crippen molar-refractivity contribution in [2.24, 2.45) is 0 Å². The number of carbonyl (C=O) groups excluding carboxylic acids is 1. The van der Waals surface area contributed by atoms with Crippen LogP contribution in [0, 0.1) is 0 Å². The molecule has 1 unspecified atom stereocenters. The van der Waals surface area contributed by atoms with Crippen LogP contribution in [0.4, 0.5) is 19.0 Å². The van der Waals surface area contributed by atoms with Crippen LogP contribution >= 0.6 is 0 Å². The Morgan fingerprint density at radius 2 is 2.26 bits per heavy atom. The van der Waals surface area contributed by atoms with Gasteiger partial charge in [-0.1, -0.05) is 0 Å². The van der Waals surface area contributed by atoms with Gasteiger partial charge in [0, 0.05) is 6.20 Å². The fourth-order valence-electron chi connectivity index (χ4n) is 1.89. The maximum absolute atomic E-state index is 12.6. The Balaban J connectivity index is 2.19. The molecule has 1 atom stereocenters. The lowest BCUT2D eigenvalue weighted by Gasteiger charge is -2.14. The molecule has 1 amide bonds. The van der Waals surface area contributed by atoms with Crippen LogP contribution in [0.3, 0.4) is 0 Å². The summed E-state index contributed by atoms with van der Waals surface area (Å²) < 4.78 is 37.7. The molecule has 1 saturated heterocycles. The first-order valence-corrected chi connectivity index (χ1v) is 5.69. The first kappa shape index (κ1) is 13.6. The van der Waals surface area contributed by atoms with E-state index in [0.29, 0.717) is 19.0 Å². The highest BCUT2D eigenvalue weighted by Crippen LogP contribution is 2.38. The lowest BCUT2D eigenvalue weighted by atomic mass is 10.2. The topological polar surface area (TPSA) is 74.2 Å². The van der Waals surface area contributed by atoms with Crippen LogP contribution in [-0.2, 0) is 11.0 Å². The molecule has 2 rings (SSSR count). The van der Waals surface area contributed by atoms with Crippen molar-refractivity contribution in [1.82, 2.24) is 10.3 Å². The summed E-state index contributed by atoms with van der Waals surface area (Å²) in [6, 6.07) is 0.189. The number of pyridine rings is 1. The Bertz CT molecular complexity index is 485. The van der Waals surface area contributed by atoms with Crippen LogP contribution in [0.25, 0.3) is 0 Å². The predicted octanol–water partition coefficient (Wildman–Crippen LogP) is 1.50. The van der Waals surface area contributed by atoms with Crippen LogP contribution in [0.2, 0.25) is 0 Å². The molecule has 8 heteroatoms. The molecule has 0 bridgehead atoms. The molecular formula is C11H12F3N3O2. The first-order valence-electron chi connectivity index (χ1n) is 5.69. The van der Waals surface area contributed by atoms with E-state index in [0.717, 1.165) is 12.6 Å². The Hall–Kier alpha value is -1.83. The third-order valence-electron chi connectivity index (χ3n) is 2.85. The summed E-state index contributed by atoms with van der Waals surface area (Å²) in [6.45, 7) is 0.681. The highest BCUT2D eigenvalue weighted by atomic mass is 19.4. The highest BCUT2D eigenvalue weighted by molar-refractivity contribution is 5.95. The average Bonchev–Trinajstić information content (AvgIpc) is 2.83. The summed E-state index contributed by atoms with van der Waals surface area (Å²) >= 11 is 0. The fraction of sp³-hybridized carbons (Fsp3) is 0.455. The SMILES string of the molecule is O=C(Nc1nccc(C(F)(F)F)c1O)C1CCCN1. The summed E-state index contributed by atoms with van der Waals surface area (Å²) in [6.07, 6.45) is -2.38. The van der Waals surface area contributed by atoms with E-state index in [2.05, 4.69) is 15.6 Å². The molecule has 2 heterocycles. The molecule has 3 N–H and O–H groups in total. The molecular weight excluding hydrogens is 263 g/mol. The number of hydrogen-bond acceptors (Lipinski definition) is 4. The minimum Gasteiger partial charge on any atom is -0.504 e. The molecule has 0 radical (unpaired) electrons. The van der Waals surface area contributed by atoms with Gasteiger partial charge in [0.05, 0.1) is 6.04 Å². The van der Waals surface area contributed by atoms with Gasteiger partial charge in [0.15, 0.2) is 11.6 Å². The maximum atomic E-state index is 12.6. The maximum Gasteiger partial charge on any atom is 0.420 e. The van der Waals surface area contributed by atoms with Crippen molar-refractivity contribution >= 4 is 11.7 Å². The second-order valence-electron chi connectivity index (χ2n) is 4.19. The number of alkyl halides is 3. The molecule has 0 aliphatic carbocycles. The first-order chi connectivity index (χ1) is 8.89. The standard InChI is InChI=1S/C11H12F3N3O2/c12-11(13,14)6-3-5-16-9(8(6)18)17-10(19)7-2-1-4-15-7/h3,5,7,15,18H,1-2,4H2,(H,16,17,19). The normalized spacial score (nSPS) is 19.4. The van der Waals surface area contributed by atoms with Crippen molar-refractivity contribution in [2.45, 2.75) is 25.1 Å². The molecule has 1 aliphatic heterocycles. The van der Waals surface area contributed by atoms with Crippen LogP contribution in [0.1, 0.15) is 18.4 Å². The van der Waals surface area contributed by atoms with E-state index in [9.17, 15) is 23.1 Å². The van der Waals surface area contributed by atoms with Crippen LogP contribution in [0.5, 0.6) is 5.75 Å². The minimum atomic E-state index is -4.70. The largest absolute Gasteiger partial charge is 0.504 e. The molecule has 1 aliphatic rings. The second kappa shape index (κ2) is 5.04. The van der Waals surface area contributed by atoms with Gasteiger partial charge in [0.1, 0.15) is 5.56 Å². The number of anilines is 1. The number of rotatable bonds is 2. The number of nitrogens with zero attached hydrogens (tertiary/aromatic N) is 1. The summed E-state index contributed by atoms with van der Waals surface area (Å²) in [7, 11) is 0. The van der Waals surface area contributed by atoms with Crippen molar-refractivity contribution < 1.29 is 23.1 Å². The number of nitrogens with one attached hydrogen (secondary N) is 2. The van der Waals surface area contributed by atoms with E-state index >= 15 is 0 Å². The van der Waals surface area contributed by atoms with Gasteiger partial charge in [-0.2, -0.15) is 13.2 Å². The van der Waals surface area contributed by atoms with Crippen molar-refractivity contribution in [3.63, 3.8) is 0 Å². The monoisotopic (exact) mass is 275 g/mol. The molecule has 1 aromatic heterocycles. The second-order valence-corrected chi connectivity index (χ2v) is 4.19. The summed E-state index contributed by atoms with van der Waals surface area (Å²) in [5.41, 5.74) is -1.22. The average molecular weight is 275 g/mol. The van der Waals surface area contributed by atoms with Gasteiger partial charge in [0.25, 0.3) is 0 Å². The van der Waals surface area contributed by atoms with E-state index < -0.39 is 35.3 Å². The third kappa shape index (κ3) is 2.95. The highest BCUT2D eigenvalue weighted by Gasteiger charge is 2.35. The predicted molar refractivity (Wildman–Crippen MR) is 60.6 cm³/mol. The number of aromatic hydroxyl groups is 1. The zero-order valence-electron chi connectivity index (χ0n) is 9.79. The van der Waals surface area contributed by atoms with E-state index in [1.165, 1.54) is 0 Å². The Morgan fingerprint density at radius 1 is 1.53 bits per heavy atom. The van der Waals surface area contributed by atoms with Gasteiger partial charge in [-0.3, -0.25) is 4.79 Å². The summed E-state index contributed by atoms with van der Waals surface area (Å²) in [4.78, 5) is 15.3. The van der Waals surface area contributed by atoms with E-state index in [1.54, 1.807) is 0 Å². The zero-order chi connectivity index (χ0) is 14.0. The molecule has 1 fully saturated rings. The summed E-state index contributed by atoms with van der Waals surface area (Å²) in [5.74, 6) is -2.05. The summed E-state index contributed by atoms with van der Waals surface area (Å²) in [5, 5.41) is 14.6. The van der Waals surface area contributed by atoms with Gasteiger partial charge in [-0.05, 0) is 25.5 Å². The Labute approximate surface area is 106 Å². The van der Waals surface area contributed by atoms with E-state index in [4.69, 9.17) is 0 Å². The molecule has 19 heavy (non-hydrogen) atoms. The molecule has 5 nitrogen and oxygen atoms in total. The van der Waals surface area contributed by atoms with Gasteiger partial charge in [0.2, 0.25) is 5.91 Å². The van der Waals surface area contributed by atoms with Gasteiger partial charge in [-0.25, -0.2) is 4.98 Å². The number of aromatic nitrogens is 1. The Morgan fingerprint density at radius 3 is 2.84 bits per heavy atom. The van der Waals surface area contributed by atoms with E-state index in [-0.39, 0.29) is 0 Å². The molecule has 1 aromatic rings. The van der Waals surface area contributed by atoms with Crippen LogP contribution in [-0.4, -0.2) is 28.6 Å². The smallest absolute Gasteiger partial charge is 0.420 e. The van der Waals surface area contributed by atoms with Crippen LogP contribution < -0.4 is 10.6 Å². The quantitative estimate of drug-likeness (QED) is 0.764. The zero-order valence-corrected chi connectivity index (χ0v) is 9.79. The third-order valence-corrected chi connectivity index (χ3v) is 2.85. The number of amides is 1. The molecule has 0 spiro atoms. The minimum absolute atomic E-state index is 0.462.